The van der Waals surface area contributed by atoms with Crippen LogP contribution in [0.3, 0.4) is 0 Å². The Morgan fingerprint density at radius 2 is 1.67 bits per heavy atom. The van der Waals surface area contributed by atoms with Crippen molar-refractivity contribution in [1.82, 2.24) is 0 Å². The summed E-state index contributed by atoms with van der Waals surface area (Å²) in [5.41, 5.74) is 0. The number of rotatable bonds is 0. The molecule has 3 nitrogen and oxygen atoms in total. The molecule has 6 heavy (non-hydrogen) atoms. The molecule has 34 valence electrons. The van der Waals surface area contributed by atoms with E-state index in [1.54, 1.807) is 0 Å². The second-order valence-corrected chi connectivity index (χ2v) is 0.651. The second-order valence-electron chi connectivity index (χ2n) is 0.217. The molecular weight excluding hydrogens is 183 g/mol. The first kappa shape index (κ1) is 15.6. The van der Waals surface area contributed by atoms with Crippen LogP contribution in [0.1, 0.15) is 0 Å². The van der Waals surface area contributed by atoms with Gasteiger partial charge in [0.15, 0.2) is 0 Å². The van der Waals surface area contributed by atoms with Crippen molar-refractivity contribution < 1.29 is 42.9 Å². The number of hydrogen-bond acceptors (Lipinski definition) is 2. The molecule has 0 fully saturated rings. The quantitative estimate of drug-likeness (QED) is 0.321. The fourth-order valence-electron chi connectivity index (χ4n) is 0. The fraction of sp³-hybridized carbons (Fsp3) is 0. The molecule has 0 saturated carbocycles. The van der Waals surface area contributed by atoms with Crippen LogP contribution < -0.4 is 29.6 Å². The van der Waals surface area contributed by atoms with Gasteiger partial charge < -0.3 is 9.11 Å². The number of hydrogen-bond donors (Lipinski definition) is 1. The van der Waals surface area contributed by atoms with Crippen LogP contribution in [-0.4, -0.2) is 13.3 Å². The van der Waals surface area contributed by atoms with Gasteiger partial charge in [0.05, 0.1) is 11.4 Å². The van der Waals surface area contributed by atoms with Crippen molar-refractivity contribution in [2.75, 3.05) is 0 Å². The van der Waals surface area contributed by atoms with Crippen LogP contribution in [0.2, 0.25) is 0 Å². The fourth-order valence-corrected chi connectivity index (χ4v) is 0. The molecule has 0 bridgehead atoms. The van der Waals surface area contributed by atoms with Gasteiger partial charge in [-0.15, -0.1) is 17.0 Å². The molecule has 0 aliphatic rings. The van der Waals surface area contributed by atoms with E-state index in [1.165, 1.54) is 0 Å². The van der Waals surface area contributed by atoms with E-state index in [0.29, 0.717) is 0 Å². The van der Waals surface area contributed by atoms with Gasteiger partial charge >= 0.3 is 29.6 Å². The summed E-state index contributed by atoms with van der Waals surface area (Å²) in [4.78, 5) is 0. The Balaban J connectivity index is -0.0000000450. The van der Waals surface area contributed by atoms with Gasteiger partial charge in [-0.1, -0.05) is 0 Å². The molecule has 0 aliphatic heterocycles. The third kappa shape index (κ3) is 47.8. The summed E-state index contributed by atoms with van der Waals surface area (Å²) in [6, 6.07) is 0. The average molecular weight is 185 g/mol. The molecule has 0 aliphatic carbocycles. The normalized spacial score (nSPS) is 10.3. The van der Waals surface area contributed by atoms with Gasteiger partial charge in [0.1, 0.15) is 0 Å². The summed E-state index contributed by atoms with van der Waals surface area (Å²) in [5.74, 6) is 0. The molecule has 1 N–H and O–H groups in total. The minimum Gasteiger partial charge on any atom is -0.750 e. The van der Waals surface area contributed by atoms with Crippen molar-refractivity contribution in [3.8, 4) is 0 Å². The third-order valence-electron chi connectivity index (χ3n) is 0. The molecule has 0 rings (SSSR count). The maximum atomic E-state index is 8.56. The summed E-state index contributed by atoms with van der Waals surface area (Å²) in [6.07, 6.45) is 0. The SMILES string of the molecule is Br.O=S([O-])O.[Na+]. The zero-order chi connectivity index (χ0) is 3.58. The first-order valence-electron chi connectivity index (χ1n) is 0.516. The first-order chi connectivity index (χ1) is 1.73. The van der Waals surface area contributed by atoms with Crippen LogP contribution in [0.15, 0.2) is 0 Å². The molecule has 0 amide bonds. The van der Waals surface area contributed by atoms with Crippen molar-refractivity contribution >= 4 is 28.3 Å². The van der Waals surface area contributed by atoms with Gasteiger partial charge in [-0.05, 0) is 0 Å². The Labute approximate surface area is 70.7 Å². The van der Waals surface area contributed by atoms with E-state index >= 15 is 0 Å². The topological polar surface area (TPSA) is 60.4 Å². The van der Waals surface area contributed by atoms with Gasteiger partial charge in [0.25, 0.3) is 0 Å². The standard InChI is InChI=1S/BrH.Na.H2O3S/c;;1-4(2)3/h1H;;(H2,1,2,3)/q;+1;/p-1. The molecule has 0 saturated heterocycles. The second kappa shape index (κ2) is 9.75. The predicted molar refractivity (Wildman–Crippen MR) is 21.9 cm³/mol. The van der Waals surface area contributed by atoms with Crippen LogP contribution >= 0.6 is 17.0 Å². The van der Waals surface area contributed by atoms with Gasteiger partial charge in [0, 0.05) is 0 Å². The monoisotopic (exact) mass is 184 g/mol. The summed E-state index contributed by atoms with van der Waals surface area (Å²) < 4.78 is 24.1. The van der Waals surface area contributed by atoms with E-state index < -0.39 is 11.4 Å². The molecule has 0 aromatic heterocycles. The van der Waals surface area contributed by atoms with Crippen molar-refractivity contribution in [2.45, 2.75) is 0 Å². The van der Waals surface area contributed by atoms with Crippen molar-refractivity contribution in [3.05, 3.63) is 0 Å². The van der Waals surface area contributed by atoms with E-state index in [-0.39, 0.29) is 46.5 Å². The largest absolute Gasteiger partial charge is 1.00 e. The maximum absolute atomic E-state index is 8.56. The molecule has 0 aromatic rings. The van der Waals surface area contributed by atoms with Crippen LogP contribution in [0.5, 0.6) is 0 Å². The van der Waals surface area contributed by atoms with E-state index in [9.17, 15) is 0 Å². The maximum Gasteiger partial charge on any atom is 1.00 e. The Morgan fingerprint density at radius 1 is 1.67 bits per heavy atom. The van der Waals surface area contributed by atoms with E-state index in [4.69, 9.17) is 13.3 Å². The molecule has 0 heterocycles. The summed E-state index contributed by atoms with van der Waals surface area (Å²) in [7, 11) is 0. The van der Waals surface area contributed by atoms with Crippen molar-refractivity contribution in [2.24, 2.45) is 0 Å². The molecular formula is H2BrNaO3S. The minimum absolute atomic E-state index is 0. The van der Waals surface area contributed by atoms with Crippen LogP contribution in [0.4, 0.5) is 0 Å². The number of halogens is 1. The van der Waals surface area contributed by atoms with Crippen LogP contribution in [-0.2, 0) is 11.4 Å². The molecule has 1 atom stereocenters. The summed E-state index contributed by atoms with van der Waals surface area (Å²) in [5, 5.41) is 0. The van der Waals surface area contributed by atoms with Crippen molar-refractivity contribution in [1.29, 1.82) is 0 Å². The molecule has 0 spiro atoms. The van der Waals surface area contributed by atoms with Gasteiger partial charge in [-0.25, -0.2) is 4.21 Å². The predicted octanol–water partition coefficient (Wildman–Crippen LogP) is -3.08. The van der Waals surface area contributed by atoms with Gasteiger partial charge in [-0.2, -0.15) is 0 Å². The van der Waals surface area contributed by atoms with Gasteiger partial charge in [0.2, 0.25) is 0 Å². The Bertz CT molecular complexity index is 33.8. The Morgan fingerprint density at radius 3 is 1.67 bits per heavy atom. The van der Waals surface area contributed by atoms with Crippen molar-refractivity contribution in [3.63, 3.8) is 0 Å². The van der Waals surface area contributed by atoms with Crippen LogP contribution in [0.25, 0.3) is 0 Å². The Hall–Kier alpha value is 1.55. The summed E-state index contributed by atoms with van der Waals surface area (Å²) >= 11 is -2.86. The average Bonchev–Trinajstić information content (AvgIpc) is 0.811. The minimum atomic E-state index is -2.86. The molecule has 0 aromatic carbocycles. The Kier molecular flexibility index (Phi) is 25.4. The summed E-state index contributed by atoms with van der Waals surface area (Å²) in [6.45, 7) is 0. The smallest absolute Gasteiger partial charge is 0.750 e. The molecule has 0 radical (unpaired) electrons. The zero-order valence-corrected chi connectivity index (χ0v) is 7.61. The van der Waals surface area contributed by atoms with E-state index in [0.717, 1.165) is 0 Å². The third-order valence-corrected chi connectivity index (χ3v) is 0. The van der Waals surface area contributed by atoms with Gasteiger partial charge in [-0.3, -0.25) is 0 Å². The zero-order valence-electron chi connectivity index (χ0n) is 3.08. The molecule has 1 unspecified atom stereocenters. The first-order valence-corrected chi connectivity index (χ1v) is 1.55. The van der Waals surface area contributed by atoms with Crippen LogP contribution in [0, 0.1) is 0 Å². The van der Waals surface area contributed by atoms with E-state index in [1.807, 2.05) is 0 Å². The molecule has 6 heteroatoms. The van der Waals surface area contributed by atoms with E-state index in [2.05, 4.69) is 0 Å².